The van der Waals surface area contributed by atoms with Crippen molar-refractivity contribution in [1.29, 1.82) is 5.26 Å². The van der Waals surface area contributed by atoms with E-state index < -0.39 is 0 Å². The fourth-order valence-corrected chi connectivity index (χ4v) is 1.06. The first-order valence-electron chi connectivity index (χ1n) is 3.56. The summed E-state index contributed by atoms with van der Waals surface area (Å²) in [6.07, 6.45) is 0.892. The average Bonchev–Trinajstić information content (AvgIpc) is 1.85. The summed E-state index contributed by atoms with van der Waals surface area (Å²) in [5.74, 6) is -0.246. The van der Waals surface area contributed by atoms with Gasteiger partial charge in [-0.05, 0) is 12.8 Å². The molecule has 0 saturated heterocycles. The summed E-state index contributed by atoms with van der Waals surface area (Å²) in [5, 5.41) is 19.6. The number of nitrogens with one attached hydrogen (secondary N) is 1. The van der Waals surface area contributed by atoms with Gasteiger partial charge in [0.25, 0.3) is 0 Å². The Morgan fingerprint density at radius 2 is 2.36 bits per heavy atom. The highest BCUT2D eigenvalue weighted by atomic mass is 16.3. The second-order valence-electron chi connectivity index (χ2n) is 2.72. The van der Waals surface area contributed by atoms with Gasteiger partial charge in [0.05, 0.1) is 12.2 Å². The number of carbonyl (C=O) groups is 1. The van der Waals surface area contributed by atoms with E-state index >= 15 is 0 Å². The lowest BCUT2D eigenvalue weighted by Gasteiger charge is -2.31. The van der Waals surface area contributed by atoms with E-state index in [1.165, 1.54) is 0 Å². The minimum atomic E-state index is -0.262. The van der Waals surface area contributed by atoms with Crippen molar-refractivity contribution in [2.24, 2.45) is 0 Å². The van der Waals surface area contributed by atoms with E-state index in [0.717, 1.165) is 0 Å². The molecular formula is C7H10N2O2. The molecule has 0 heterocycles. The highest BCUT2D eigenvalue weighted by molar-refractivity contribution is 5.78. The third-order valence-electron chi connectivity index (χ3n) is 1.72. The van der Waals surface area contributed by atoms with E-state index in [2.05, 4.69) is 5.32 Å². The van der Waals surface area contributed by atoms with Gasteiger partial charge in [-0.3, -0.25) is 4.79 Å². The molecule has 0 unspecified atom stereocenters. The highest BCUT2D eigenvalue weighted by Crippen LogP contribution is 2.19. The van der Waals surface area contributed by atoms with Gasteiger partial charge in [-0.2, -0.15) is 5.26 Å². The zero-order valence-corrected chi connectivity index (χ0v) is 6.08. The quantitative estimate of drug-likeness (QED) is 0.565. The number of aliphatic hydroxyl groups excluding tert-OH is 1. The van der Waals surface area contributed by atoms with Crippen molar-refractivity contribution in [2.75, 3.05) is 0 Å². The highest BCUT2D eigenvalue weighted by Gasteiger charge is 2.27. The minimum absolute atomic E-state index is 0.0887. The van der Waals surface area contributed by atoms with E-state index in [-0.39, 0.29) is 24.5 Å². The molecule has 1 amide bonds. The summed E-state index contributed by atoms with van der Waals surface area (Å²) in [6.45, 7) is 0. The van der Waals surface area contributed by atoms with E-state index in [1.54, 1.807) is 6.07 Å². The normalized spacial score (nSPS) is 28.4. The molecule has 1 rings (SSSR count). The fourth-order valence-electron chi connectivity index (χ4n) is 1.06. The van der Waals surface area contributed by atoms with Crippen molar-refractivity contribution in [1.82, 2.24) is 5.32 Å². The van der Waals surface area contributed by atoms with Crippen molar-refractivity contribution in [3.63, 3.8) is 0 Å². The number of rotatable bonds is 2. The Bertz CT molecular complexity index is 191. The number of hydrogen-bond acceptors (Lipinski definition) is 3. The molecule has 2 N–H and O–H groups in total. The van der Waals surface area contributed by atoms with Crippen LogP contribution in [0.15, 0.2) is 0 Å². The standard InChI is InChI=1S/C7H10N2O2/c8-2-1-7(11)9-5-3-6(10)4-5/h5-6,10H,1,3-4H2,(H,9,11). The van der Waals surface area contributed by atoms with E-state index in [0.29, 0.717) is 12.8 Å². The summed E-state index contributed by atoms with van der Waals surface area (Å²) in [4.78, 5) is 10.7. The Morgan fingerprint density at radius 3 is 2.82 bits per heavy atom. The molecule has 0 bridgehead atoms. The number of carbonyl (C=O) groups excluding carboxylic acids is 1. The van der Waals surface area contributed by atoms with Crippen LogP contribution in [0.4, 0.5) is 0 Å². The SMILES string of the molecule is N#CCC(=O)NC1CC(O)C1. The molecule has 0 radical (unpaired) electrons. The van der Waals surface area contributed by atoms with Crippen LogP contribution < -0.4 is 5.32 Å². The maximum atomic E-state index is 10.7. The lowest BCUT2D eigenvalue weighted by molar-refractivity contribution is -0.122. The number of hydrogen-bond donors (Lipinski definition) is 2. The maximum Gasteiger partial charge on any atom is 0.234 e. The zero-order valence-electron chi connectivity index (χ0n) is 6.08. The smallest absolute Gasteiger partial charge is 0.234 e. The lowest BCUT2D eigenvalue weighted by atomic mass is 9.89. The zero-order chi connectivity index (χ0) is 8.27. The topological polar surface area (TPSA) is 73.1 Å². The minimum Gasteiger partial charge on any atom is -0.393 e. The van der Waals surface area contributed by atoms with Crippen molar-refractivity contribution < 1.29 is 9.90 Å². The largest absolute Gasteiger partial charge is 0.393 e. The Morgan fingerprint density at radius 1 is 1.73 bits per heavy atom. The average molecular weight is 154 g/mol. The second-order valence-corrected chi connectivity index (χ2v) is 2.72. The molecule has 0 spiro atoms. The molecule has 1 aliphatic rings. The predicted molar refractivity (Wildman–Crippen MR) is 37.4 cm³/mol. The van der Waals surface area contributed by atoms with Crippen LogP contribution in [0.25, 0.3) is 0 Å². The summed E-state index contributed by atoms with van der Waals surface area (Å²) < 4.78 is 0. The van der Waals surface area contributed by atoms with Crippen LogP contribution in [0.3, 0.4) is 0 Å². The van der Waals surface area contributed by atoms with Crippen molar-refractivity contribution in [3.8, 4) is 6.07 Å². The van der Waals surface area contributed by atoms with Crippen LogP contribution in [0.2, 0.25) is 0 Å². The third-order valence-corrected chi connectivity index (χ3v) is 1.72. The molecule has 4 heteroatoms. The summed E-state index contributed by atoms with van der Waals surface area (Å²) in [7, 11) is 0. The van der Waals surface area contributed by atoms with E-state index in [4.69, 9.17) is 10.4 Å². The molecule has 4 nitrogen and oxygen atoms in total. The van der Waals surface area contributed by atoms with Gasteiger partial charge in [0, 0.05) is 6.04 Å². The van der Waals surface area contributed by atoms with Crippen LogP contribution in [0.5, 0.6) is 0 Å². The van der Waals surface area contributed by atoms with Gasteiger partial charge in [-0.25, -0.2) is 0 Å². The molecular weight excluding hydrogens is 144 g/mol. The first-order chi connectivity index (χ1) is 5.22. The van der Waals surface area contributed by atoms with Gasteiger partial charge in [0.15, 0.2) is 0 Å². The van der Waals surface area contributed by atoms with Crippen LogP contribution in [-0.4, -0.2) is 23.2 Å². The second kappa shape index (κ2) is 3.35. The summed E-state index contributed by atoms with van der Waals surface area (Å²) in [6, 6.07) is 1.85. The number of nitrogens with zero attached hydrogens (tertiary/aromatic N) is 1. The fraction of sp³-hybridized carbons (Fsp3) is 0.714. The van der Waals surface area contributed by atoms with Crippen LogP contribution in [-0.2, 0) is 4.79 Å². The van der Waals surface area contributed by atoms with E-state index in [1.807, 2.05) is 0 Å². The molecule has 0 atom stereocenters. The molecule has 1 fully saturated rings. The third kappa shape index (κ3) is 2.20. The van der Waals surface area contributed by atoms with Crippen molar-refractivity contribution in [3.05, 3.63) is 0 Å². The number of nitriles is 1. The van der Waals surface area contributed by atoms with Gasteiger partial charge in [-0.15, -0.1) is 0 Å². The van der Waals surface area contributed by atoms with Gasteiger partial charge in [0.1, 0.15) is 6.42 Å². The van der Waals surface area contributed by atoms with E-state index in [9.17, 15) is 4.79 Å². The predicted octanol–water partition coefficient (Wildman–Crippen LogP) is -0.460. The molecule has 0 aromatic heterocycles. The Kier molecular flexibility index (Phi) is 2.44. The summed E-state index contributed by atoms with van der Waals surface area (Å²) >= 11 is 0. The Labute approximate surface area is 64.8 Å². The lowest BCUT2D eigenvalue weighted by Crippen LogP contribution is -2.46. The first-order valence-corrected chi connectivity index (χ1v) is 3.56. The number of amides is 1. The Hall–Kier alpha value is -1.08. The number of aliphatic hydroxyl groups is 1. The molecule has 60 valence electrons. The Balaban J connectivity index is 2.13. The van der Waals surface area contributed by atoms with Crippen LogP contribution in [0.1, 0.15) is 19.3 Å². The van der Waals surface area contributed by atoms with Crippen molar-refractivity contribution >= 4 is 5.91 Å². The van der Waals surface area contributed by atoms with Gasteiger partial charge >= 0.3 is 0 Å². The van der Waals surface area contributed by atoms with Crippen LogP contribution >= 0.6 is 0 Å². The van der Waals surface area contributed by atoms with Crippen LogP contribution in [0, 0.1) is 11.3 Å². The molecule has 0 aromatic carbocycles. The molecule has 1 saturated carbocycles. The maximum absolute atomic E-state index is 10.7. The van der Waals surface area contributed by atoms with Gasteiger partial charge < -0.3 is 10.4 Å². The molecule has 0 aliphatic heterocycles. The summed E-state index contributed by atoms with van der Waals surface area (Å²) in [5.41, 5.74) is 0. The van der Waals surface area contributed by atoms with Gasteiger partial charge in [-0.1, -0.05) is 0 Å². The molecule has 0 aromatic rings. The monoisotopic (exact) mass is 154 g/mol. The molecule has 1 aliphatic carbocycles. The van der Waals surface area contributed by atoms with Gasteiger partial charge in [0.2, 0.25) is 5.91 Å². The van der Waals surface area contributed by atoms with Crippen molar-refractivity contribution in [2.45, 2.75) is 31.4 Å². The first kappa shape index (κ1) is 8.02. The molecule has 11 heavy (non-hydrogen) atoms.